The summed E-state index contributed by atoms with van der Waals surface area (Å²) in [6.45, 7) is 5.81. The van der Waals surface area contributed by atoms with Crippen LogP contribution in [0.2, 0.25) is 0 Å². The molecule has 2 aliphatic rings. The van der Waals surface area contributed by atoms with Crippen LogP contribution in [0.15, 0.2) is 48.9 Å². The van der Waals surface area contributed by atoms with Crippen LogP contribution in [0.5, 0.6) is 11.5 Å². The van der Waals surface area contributed by atoms with Crippen molar-refractivity contribution in [3.63, 3.8) is 0 Å². The molecule has 40 heavy (non-hydrogen) atoms. The monoisotopic (exact) mass is 547 g/mol. The van der Waals surface area contributed by atoms with Crippen LogP contribution in [0.3, 0.4) is 0 Å². The van der Waals surface area contributed by atoms with E-state index in [1.54, 1.807) is 18.6 Å². The Morgan fingerprint density at radius 1 is 1.02 bits per heavy atom. The molecule has 5 rings (SSSR count). The zero-order valence-corrected chi connectivity index (χ0v) is 22.9. The summed E-state index contributed by atoms with van der Waals surface area (Å²) in [4.78, 5) is 33.7. The Morgan fingerprint density at radius 2 is 1.82 bits per heavy atom. The molecule has 2 fully saturated rings. The highest BCUT2D eigenvalue weighted by Crippen LogP contribution is 2.30. The van der Waals surface area contributed by atoms with Crippen LogP contribution in [0.1, 0.15) is 45.4 Å². The molecule has 2 atom stereocenters. The van der Waals surface area contributed by atoms with Crippen LogP contribution in [-0.2, 0) is 4.79 Å². The average Bonchev–Trinajstić information content (AvgIpc) is 2.98. The molecule has 0 bridgehead atoms. The molecule has 0 saturated carbocycles. The second kappa shape index (κ2) is 13.3. The van der Waals surface area contributed by atoms with Crippen LogP contribution in [0, 0.1) is 5.92 Å². The molecule has 3 aromatic rings. The zero-order valence-electron chi connectivity index (χ0n) is 22.9. The normalized spacial score (nSPS) is 19.2. The number of hydrogen-bond acceptors (Lipinski definition) is 10. The van der Waals surface area contributed by atoms with Crippen molar-refractivity contribution >= 4 is 29.4 Å². The lowest BCUT2D eigenvalue weighted by Gasteiger charge is -2.34. The number of ether oxygens (including phenoxy) is 2. The molecule has 0 radical (unpaired) electrons. The third-order valence-electron chi connectivity index (χ3n) is 7.26. The fourth-order valence-electron chi connectivity index (χ4n) is 5.35. The predicted octanol–water partition coefficient (Wildman–Crippen LogP) is 4.54. The summed E-state index contributed by atoms with van der Waals surface area (Å²) in [7, 11) is 0. The lowest BCUT2D eigenvalue weighted by atomic mass is 9.93. The second-order valence-corrected chi connectivity index (χ2v) is 10.2. The molecular formula is C29H37N7O4. The predicted molar refractivity (Wildman–Crippen MR) is 153 cm³/mol. The highest BCUT2D eigenvalue weighted by atomic mass is 16.5. The first-order valence-corrected chi connectivity index (χ1v) is 14.1. The van der Waals surface area contributed by atoms with E-state index in [1.807, 2.05) is 37.3 Å². The number of carboxylic acid groups (broad SMARTS) is 1. The highest BCUT2D eigenvalue weighted by molar-refractivity contribution is 5.66. The number of nitrogens with zero attached hydrogens (tertiary/aromatic N) is 6. The Balaban J connectivity index is 1.22. The average molecular weight is 548 g/mol. The van der Waals surface area contributed by atoms with Gasteiger partial charge in [0, 0.05) is 32.3 Å². The molecule has 11 heteroatoms. The van der Waals surface area contributed by atoms with Crippen molar-refractivity contribution in [1.29, 1.82) is 0 Å². The quantitative estimate of drug-likeness (QED) is 0.351. The molecule has 0 aliphatic carbocycles. The molecule has 0 amide bonds. The van der Waals surface area contributed by atoms with Crippen LogP contribution in [0.25, 0.3) is 0 Å². The number of nitrogens with one attached hydrogen (secondary N) is 1. The highest BCUT2D eigenvalue weighted by Gasteiger charge is 2.25. The van der Waals surface area contributed by atoms with Crippen LogP contribution in [0.4, 0.5) is 23.4 Å². The van der Waals surface area contributed by atoms with Gasteiger partial charge in [0.1, 0.15) is 17.7 Å². The van der Waals surface area contributed by atoms with Gasteiger partial charge in [0.15, 0.2) is 17.3 Å². The van der Waals surface area contributed by atoms with Crippen molar-refractivity contribution in [2.75, 3.05) is 47.9 Å². The van der Waals surface area contributed by atoms with E-state index < -0.39 is 5.97 Å². The number of anilines is 4. The van der Waals surface area contributed by atoms with Gasteiger partial charge in [-0.15, -0.1) is 0 Å². The smallest absolute Gasteiger partial charge is 0.303 e. The van der Waals surface area contributed by atoms with Gasteiger partial charge < -0.3 is 29.7 Å². The molecule has 2 saturated heterocycles. The van der Waals surface area contributed by atoms with Gasteiger partial charge in [-0.25, -0.2) is 9.97 Å². The Bertz CT molecular complexity index is 1280. The van der Waals surface area contributed by atoms with E-state index in [4.69, 9.17) is 24.5 Å². The van der Waals surface area contributed by atoms with Gasteiger partial charge in [-0.2, -0.15) is 4.98 Å². The minimum Gasteiger partial charge on any atom is -0.490 e. The lowest BCUT2D eigenvalue weighted by Crippen LogP contribution is -2.41. The van der Waals surface area contributed by atoms with E-state index in [0.717, 1.165) is 68.5 Å². The number of benzene rings is 1. The number of para-hydroxylation sites is 2. The zero-order chi connectivity index (χ0) is 27.7. The largest absolute Gasteiger partial charge is 0.490 e. The summed E-state index contributed by atoms with van der Waals surface area (Å²) < 4.78 is 12.1. The molecule has 0 unspecified atom stereocenters. The van der Waals surface area contributed by atoms with Crippen molar-refractivity contribution < 1.29 is 19.4 Å². The molecule has 11 nitrogen and oxygen atoms in total. The van der Waals surface area contributed by atoms with E-state index in [1.165, 1.54) is 0 Å². The molecule has 4 heterocycles. The molecular weight excluding hydrogens is 510 g/mol. The van der Waals surface area contributed by atoms with Crippen molar-refractivity contribution in [3.8, 4) is 11.5 Å². The standard InChI is InChI=1S/C29H37N7O4/c1-2-39-23-9-3-4-10-24(23)40-22-8-6-16-36(20-22)27-18-30-17-25(32-27)33-29-31-14-13-26(34-29)35-15-5-7-21(19-35)11-12-28(37)38/h3-4,9-10,13-14,17-18,21-22H,2,5-8,11-12,15-16,19-20H2,1H3,(H,37,38)(H,31,32,33,34)/t21-,22+/m0/s1. The lowest BCUT2D eigenvalue weighted by molar-refractivity contribution is -0.137. The summed E-state index contributed by atoms with van der Waals surface area (Å²) in [6, 6.07) is 9.68. The van der Waals surface area contributed by atoms with E-state index in [2.05, 4.69) is 25.1 Å². The van der Waals surface area contributed by atoms with E-state index in [9.17, 15) is 4.79 Å². The Kier molecular flexibility index (Phi) is 9.10. The van der Waals surface area contributed by atoms with Gasteiger partial charge in [-0.05, 0) is 63.1 Å². The topological polar surface area (TPSA) is 126 Å². The van der Waals surface area contributed by atoms with Gasteiger partial charge in [0.2, 0.25) is 5.95 Å². The summed E-state index contributed by atoms with van der Waals surface area (Å²) in [6.07, 6.45) is 10.1. The molecule has 1 aromatic carbocycles. The number of aliphatic carboxylic acids is 1. The van der Waals surface area contributed by atoms with Crippen molar-refractivity contribution in [1.82, 2.24) is 19.9 Å². The molecule has 0 spiro atoms. The summed E-state index contributed by atoms with van der Waals surface area (Å²) in [5.41, 5.74) is 0. The maximum atomic E-state index is 11.0. The maximum absolute atomic E-state index is 11.0. The Labute approximate surface area is 234 Å². The maximum Gasteiger partial charge on any atom is 0.303 e. The first-order valence-electron chi connectivity index (χ1n) is 14.1. The number of rotatable bonds is 11. The van der Waals surface area contributed by atoms with E-state index >= 15 is 0 Å². The molecule has 2 N–H and O–H groups in total. The van der Waals surface area contributed by atoms with E-state index in [-0.39, 0.29) is 12.5 Å². The van der Waals surface area contributed by atoms with Gasteiger partial charge >= 0.3 is 5.97 Å². The Hall–Kier alpha value is -4.15. The molecule has 2 aliphatic heterocycles. The number of aromatic nitrogens is 4. The van der Waals surface area contributed by atoms with Crippen LogP contribution >= 0.6 is 0 Å². The number of hydrogen-bond donors (Lipinski definition) is 2. The minimum absolute atomic E-state index is 0.0117. The summed E-state index contributed by atoms with van der Waals surface area (Å²) in [5.74, 6) is 3.74. The molecule has 212 valence electrons. The first kappa shape index (κ1) is 27.4. The second-order valence-electron chi connectivity index (χ2n) is 10.2. The third-order valence-corrected chi connectivity index (χ3v) is 7.26. The van der Waals surface area contributed by atoms with E-state index in [0.29, 0.717) is 37.3 Å². The van der Waals surface area contributed by atoms with Crippen LogP contribution < -0.4 is 24.6 Å². The fourth-order valence-corrected chi connectivity index (χ4v) is 5.35. The van der Waals surface area contributed by atoms with Gasteiger partial charge in [-0.3, -0.25) is 9.78 Å². The van der Waals surface area contributed by atoms with Crippen molar-refractivity contribution in [2.45, 2.75) is 51.6 Å². The molecule has 2 aromatic heterocycles. The van der Waals surface area contributed by atoms with Gasteiger partial charge in [0.05, 0.1) is 25.5 Å². The first-order chi connectivity index (χ1) is 19.6. The summed E-state index contributed by atoms with van der Waals surface area (Å²) in [5, 5.41) is 12.3. The van der Waals surface area contributed by atoms with Crippen LogP contribution in [-0.4, -0.2) is 69.9 Å². The van der Waals surface area contributed by atoms with Crippen molar-refractivity contribution in [2.24, 2.45) is 5.92 Å². The number of carboxylic acids is 1. The SMILES string of the molecule is CCOc1ccccc1O[C@@H]1CCCN(c2cncc(Nc3nccc(N4CCC[C@@H](CCC(=O)O)C4)n3)n2)C1. The van der Waals surface area contributed by atoms with Crippen molar-refractivity contribution in [3.05, 3.63) is 48.9 Å². The van der Waals surface area contributed by atoms with Gasteiger partial charge in [-0.1, -0.05) is 12.1 Å². The minimum atomic E-state index is -0.742. The number of carbonyl (C=O) groups is 1. The Morgan fingerprint density at radius 3 is 2.65 bits per heavy atom. The summed E-state index contributed by atoms with van der Waals surface area (Å²) >= 11 is 0. The number of piperidine rings is 2. The van der Waals surface area contributed by atoms with Gasteiger partial charge in [0.25, 0.3) is 0 Å². The fraction of sp³-hybridized carbons (Fsp3) is 0.483. The third kappa shape index (κ3) is 7.28.